The fourth-order valence-electron chi connectivity index (χ4n) is 0.859. The van der Waals surface area contributed by atoms with Crippen molar-refractivity contribution < 1.29 is 0 Å². The lowest BCUT2D eigenvalue weighted by Gasteiger charge is -1.83. The van der Waals surface area contributed by atoms with Crippen LogP contribution in [0.4, 0.5) is 0 Å². The second kappa shape index (κ2) is 2.84. The Kier molecular flexibility index (Phi) is 1.82. The fourth-order valence-corrected chi connectivity index (χ4v) is 1.48. The lowest BCUT2D eigenvalue weighted by atomic mass is 10.3. The molecule has 4 nitrogen and oxygen atoms in total. The van der Waals surface area contributed by atoms with E-state index in [-0.39, 0.29) is 0 Å². The van der Waals surface area contributed by atoms with Gasteiger partial charge in [0.2, 0.25) is 4.47 Å². The van der Waals surface area contributed by atoms with Crippen LogP contribution in [0, 0.1) is 0 Å². The Balaban J connectivity index is 2.43. The third-order valence-corrected chi connectivity index (χ3v) is 2.16. The van der Waals surface area contributed by atoms with Gasteiger partial charge in [-0.15, -0.1) is 0 Å². The smallest absolute Gasteiger partial charge is 0.203 e. The first-order chi connectivity index (χ1) is 5.75. The van der Waals surface area contributed by atoms with E-state index in [4.69, 9.17) is 11.6 Å². The Morgan fingerprint density at radius 1 is 1.58 bits per heavy atom. The van der Waals surface area contributed by atoms with Crippen molar-refractivity contribution >= 4 is 23.1 Å². The standard InChI is InChI=1S/C6H5ClN4S/c1-11-3-4(2-8-11)5-9-6(7)12-10-5/h2-3H,1H3. The highest BCUT2D eigenvalue weighted by molar-refractivity contribution is 7.10. The summed E-state index contributed by atoms with van der Waals surface area (Å²) < 4.78 is 6.20. The minimum Gasteiger partial charge on any atom is -0.275 e. The molecule has 6 heteroatoms. The molecule has 0 aliphatic heterocycles. The Hall–Kier alpha value is -0.940. The summed E-state index contributed by atoms with van der Waals surface area (Å²) in [5, 5.41) is 4.00. The maximum absolute atomic E-state index is 5.63. The zero-order chi connectivity index (χ0) is 8.55. The summed E-state index contributed by atoms with van der Waals surface area (Å²) in [5.74, 6) is 0.637. The molecule has 62 valence electrons. The van der Waals surface area contributed by atoms with Crippen molar-refractivity contribution in [2.45, 2.75) is 0 Å². The highest BCUT2D eigenvalue weighted by atomic mass is 35.5. The third kappa shape index (κ3) is 1.33. The van der Waals surface area contributed by atoms with Gasteiger partial charge in [-0.05, 0) is 23.1 Å². The van der Waals surface area contributed by atoms with Gasteiger partial charge in [-0.3, -0.25) is 4.68 Å². The Morgan fingerprint density at radius 3 is 2.92 bits per heavy atom. The normalized spacial score (nSPS) is 10.5. The molecule has 2 aromatic rings. The van der Waals surface area contributed by atoms with Crippen LogP contribution in [0.3, 0.4) is 0 Å². The van der Waals surface area contributed by atoms with Crippen LogP contribution < -0.4 is 0 Å². The molecular weight excluding hydrogens is 196 g/mol. The lowest BCUT2D eigenvalue weighted by Crippen LogP contribution is -1.84. The minimum absolute atomic E-state index is 0.453. The van der Waals surface area contributed by atoms with Gasteiger partial charge in [-0.25, -0.2) is 4.98 Å². The molecule has 0 saturated carbocycles. The van der Waals surface area contributed by atoms with Crippen molar-refractivity contribution in [3.8, 4) is 11.4 Å². The Labute approximate surface area is 78.0 Å². The molecule has 0 radical (unpaired) electrons. The van der Waals surface area contributed by atoms with Gasteiger partial charge in [0.15, 0.2) is 5.82 Å². The van der Waals surface area contributed by atoms with Crippen molar-refractivity contribution in [3.63, 3.8) is 0 Å². The van der Waals surface area contributed by atoms with E-state index in [0.29, 0.717) is 10.3 Å². The van der Waals surface area contributed by atoms with Gasteiger partial charge in [0.1, 0.15) is 0 Å². The lowest BCUT2D eigenvalue weighted by molar-refractivity contribution is 0.768. The zero-order valence-electron chi connectivity index (χ0n) is 6.23. The third-order valence-electron chi connectivity index (χ3n) is 1.36. The first kappa shape index (κ1) is 7.70. The van der Waals surface area contributed by atoms with E-state index in [1.807, 2.05) is 13.2 Å². The zero-order valence-corrected chi connectivity index (χ0v) is 7.80. The number of aromatic nitrogens is 4. The number of rotatable bonds is 1. The average molecular weight is 201 g/mol. The molecule has 2 rings (SSSR count). The predicted octanol–water partition coefficient (Wildman–Crippen LogP) is 1.59. The van der Waals surface area contributed by atoms with Gasteiger partial charge in [0.25, 0.3) is 0 Å². The van der Waals surface area contributed by atoms with Gasteiger partial charge < -0.3 is 0 Å². The Bertz CT molecular complexity index is 355. The molecule has 0 aliphatic rings. The van der Waals surface area contributed by atoms with Crippen LogP contribution in [0.15, 0.2) is 12.4 Å². The Morgan fingerprint density at radius 2 is 2.42 bits per heavy atom. The van der Waals surface area contributed by atoms with Crippen molar-refractivity contribution in [1.82, 2.24) is 19.1 Å². The van der Waals surface area contributed by atoms with Crippen LogP contribution in [0.25, 0.3) is 11.4 Å². The van der Waals surface area contributed by atoms with E-state index in [0.717, 1.165) is 5.56 Å². The molecule has 0 bridgehead atoms. The van der Waals surface area contributed by atoms with Gasteiger partial charge in [0.05, 0.1) is 11.8 Å². The summed E-state index contributed by atoms with van der Waals surface area (Å²) >= 11 is 6.81. The second-order valence-corrected chi connectivity index (χ2v) is 3.61. The van der Waals surface area contributed by atoms with Crippen molar-refractivity contribution in [2.75, 3.05) is 0 Å². The van der Waals surface area contributed by atoms with E-state index in [1.165, 1.54) is 11.5 Å². The number of halogens is 1. The molecule has 0 atom stereocenters. The van der Waals surface area contributed by atoms with Crippen molar-refractivity contribution in [3.05, 3.63) is 16.9 Å². The largest absolute Gasteiger partial charge is 0.275 e. The topological polar surface area (TPSA) is 43.6 Å². The van der Waals surface area contributed by atoms with Crippen LogP contribution in [0.2, 0.25) is 4.47 Å². The van der Waals surface area contributed by atoms with Gasteiger partial charge in [-0.1, -0.05) is 0 Å². The molecule has 0 amide bonds. The summed E-state index contributed by atoms with van der Waals surface area (Å²) in [6.45, 7) is 0. The summed E-state index contributed by atoms with van der Waals surface area (Å²) in [4.78, 5) is 4.01. The van der Waals surface area contributed by atoms with E-state index < -0.39 is 0 Å². The van der Waals surface area contributed by atoms with Crippen molar-refractivity contribution in [1.29, 1.82) is 0 Å². The molecule has 0 fully saturated rings. The van der Waals surface area contributed by atoms with Gasteiger partial charge in [0, 0.05) is 13.2 Å². The second-order valence-electron chi connectivity index (χ2n) is 2.27. The molecule has 0 saturated heterocycles. The van der Waals surface area contributed by atoms with Crippen LogP contribution in [0.5, 0.6) is 0 Å². The van der Waals surface area contributed by atoms with Gasteiger partial charge >= 0.3 is 0 Å². The average Bonchev–Trinajstić information content (AvgIpc) is 2.58. The molecular formula is C6H5ClN4S. The summed E-state index contributed by atoms with van der Waals surface area (Å²) in [7, 11) is 1.84. The van der Waals surface area contributed by atoms with Crippen LogP contribution in [0.1, 0.15) is 0 Å². The van der Waals surface area contributed by atoms with Crippen molar-refractivity contribution in [2.24, 2.45) is 7.05 Å². The van der Waals surface area contributed by atoms with Crippen LogP contribution in [-0.4, -0.2) is 19.1 Å². The predicted molar refractivity (Wildman–Crippen MR) is 47.1 cm³/mol. The van der Waals surface area contributed by atoms with E-state index in [2.05, 4.69) is 14.5 Å². The molecule has 0 spiro atoms. The van der Waals surface area contributed by atoms with Gasteiger partial charge in [-0.2, -0.15) is 9.47 Å². The maximum Gasteiger partial charge on any atom is 0.203 e. The number of nitrogens with zero attached hydrogens (tertiary/aromatic N) is 4. The molecule has 2 heterocycles. The number of hydrogen-bond acceptors (Lipinski definition) is 4. The molecule has 0 unspecified atom stereocenters. The quantitative estimate of drug-likeness (QED) is 0.702. The molecule has 12 heavy (non-hydrogen) atoms. The fraction of sp³-hybridized carbons (Fsp3) is 0.167. The monoisotopic (exact) mass is 200 g/mol. The summed E-state index contributed by atoms with van der Waals surface area (Å²) in [6.07, 6.45) is 3.55. The minimum atomic E-state index is 0.453. The molecule has 0 aromatic carbocycles. The van der Waals surface area contributed by atoms with E-state index in [1.54, 1.807) is 10.9 Å². The molecule has 0 N–H and O–H groups in total. The first-order valence-corrected chi connectivity index (χ1v) is 4.39. The SMILES string of the molecule is Cn1cc(-c2nsc(Cl)n2)cn1. The number of aryl methyl sites for hydroxylation is 1. The highest BCUT2D eigenvalue weighted by Crippen LogP contribution is 2.19. The number of hydrogen-bond donors (Lipinski definition) is 0. The van der Waals surface area contributed by atoms with E-state index >= 15 is 0 Å². The molecule has 2 aromatic heterocycles. The molecule has 0 aliphatic carbocycles. The van der Waals surface area contributed by atoms with Crippen LogP contribution in [-0.2, 0) is 7.05 Å². The first-order valence-electron chi connectivity index (χ1n) is 3.24. The van der Waals surface area contributed by atoms with Crippen LogP contribution >= 0.6 is 23.1 Å². The summed E-state index contributed by atoms with van der Waals surface area (Å²) in [5.41, 5.74) is 0.889. The van der Waals surface area contributed by atoms with E-state index in [9.17, 15) is 0 Å². The summed E-state index contributed by atoms with van der Waals surface area (Å²) in [6, 6.07) is 0. The highest BCUT2D eigenvalue weighted by Gasteiger charge is 2.05. The maximum atomic E-state index is 5.63.